The van der Waals surface area contributed by atoms with Crippen molar-refractivity contribution in [1.82, 2.24) is 0 Å². The first kappa shape index (κ1) is 24.6. The molecule has 1 N–H and O–H groups in total. The van der Waals surface area contributed by atoms with E-state index in [0.29, 0.717) is 17.7 Å². The molecular weight excluding hydrogens is 375 g/mol. The van der Waals surface area contributed by atoms with E-state index >= 15 is 0 Å². The van der Waals surface area contributed by atoms with Crippen LogP contribution in [0.5, 0.6) is 5.75 Å². The number of ketones is 1. The SMILES string of the molecule is CC/C(=C\c1cc(C(C)(C)C)c(O)c(C(C)(C)C)c1)C(=O)CP(=O)(OC)OC. The van der Waals surface area contributed by atoms with Crippen molar-refractivity contribution in [3.8, 4) is 5.75 Å². The van der Waals surface area contributed by atoms with Crippen molar-refractivity contribution in [3.63, 3.8) is 0 Å². The van der Waals surface area contributed by atoms with Crippen LogP contribution in [0.15, 0.2) is 17.7 Å². The summed E-state index contributed by atoms with van der Waals surface area (Å²) in [7, 11) is -0.868. The number of rotatable bonds is 7. The molecule has 0 fully saturated rings. The minimum Gasteiger partial charge on any atom is -0.507 e. The molecule has 0 amide bonds. The molecule has 0 unspecified atom stereocenters. The van der Waals surface area contributed by atoms with Crippen molar-refractivity contribution in [3.05, 3.63) is 34.4 Å². The minimum absolute atomic E-state index is 0.258. The summed E-state index contributed by atoms with van der Waals surface area (Å²) in [4.78, 5) is 12.7. The molecule has 6 heteroatoms. The van der Waals surface area contributed by atoms with Crippen LogP contribution in [0.3, 0.4) is 0 Å². The van der Waals surface area contributed by atoms with E-state index in [9.17, 15) is 14.5 Å². The highest BCUT2D eigenvalue weighted by Gasteiger charge is 2.28. The molecule has 0 heterocycles. The Balaban J connectivity index is 3.52. The van der Waals surface area contributed by atoms with Crippen molar-refractivity contribution < 1.29 is 23.5 Å². The maximum absolute atomic E-state index is 12.7. The molecule has 5 nitrogen and oxygen atoms in total. The molecule has 28 heavy (non-hydrogen) atoms. The molecule has 0 saturated heterocycles. The number of allylic oxidation sites excluding steroid dienone is 1. The van der Waals surface area contributed by atoms with Crippen LogP contribution in [0.1, 0.15) is 71.6 Å². The van der Waals surface area contributed by atoms with Gasteiger partial charge in [0.2, 0.25) is 0 Å². The first-order valence-electron chi connectivity index (χ1n) is 9.50. The maximum atomic E-state index is 12.7. The second-order valence-electron chi connectivity index (χ2n) is 9.05. The van der Waals surface area contributed by atoms with Crippen molar-refractivity contribution in [2.75, 3.05) is 20.4 Å². The zero-order valence-corrected chi connectivity index (χ0v) is 19.6. The molecule has 1 rings (SSSR count). The van der Waals surface area contributed by atoms with Gasteiger partial charge in [0.05, 0.1) is 0 Å². The van der Waals surface area contributed by atoms with E-state index in [-0.39, 0.29) is 22.8 Å². The topological polar surface area (TPSA) is 72.8 Å². The van der Waals surface area contributed by atoms with E-state index < -0.39 is 7.60 Å². The van der Waals surface area contributed by atoms with Crippen LogP contribution in [0.25, 0.3) is 6.08 Å². The highest BCUT2D eigenvalue weighted by molar-refractivity contribution is 7.54. The average Bonchev–Trinajstić information content (AvgIpc) is 2.58. The van der Waals surface area contributed by atoms with Gasteiger partial charge in [-0.05, 0) is 46.6 Å². The van der Waals surface area contributed by atoms with Crippen molar-refractivity contribution in [2.24, 2.45) is 0 Å². The van der Waals surface area contributed by atoms with Crippen LogP contribution >= 0.6 is 7.60 Å². The van der Waals surface area contributed by atoms with Gasteiger partial charge in [-0.2, -0.15) is 0 Å². The second-order valence-corrected chi connectivity index (χ2v) is 11.3. The monoisotopic (exact) mass is 410 g/mol. The number of phenolic OH excluding ortho intramolecular Hbond substituents is 1. The Morgan fingerprint density at radius 1 is 1.04 bits per heavy atom. The third-order valence-electron chi connectivity index (χ3n) is 4.72. The lowest BCUT2D eigenvalue weighted by atomic mass is 9.78. The van der Waals surface area contributed by atoms with Gasteiger partial charge >= 0.3 is 7.60 Å². The summed E-state index contributed by atoms with van der Waals surface area (Å²) in [5, 5.41) is 10.8. The molecule has 0 radical (unpaired) electrons. The van der Waals surface area contributed by atoms with E-state index in [4.69, 9.17) is 9.05 Å². The summed E-state index contributed by atoms with van der Waals surface area (Å²) >= 11 is 0. The molecule has 0 atom stereocenters. The Kier molecular flexibility index (Phi) is 7.86. The quantitative estimate of drug-likeness (QED) is 0.452. The molecule has 1 aromatic carbocycles. The average molecular weight is 410 g/mol. The molecule has 0 aliphatic carbocycles. The molecule has 0 aliphatic rings. The van der Waals surface area contributed by atoms with E-state index in [0.717, 1.165) is 16.7 Å². The lowest BCUT2D eigenvalue weighted by molar-refractivity contribution is -0.113. The fraction of sp³-hybridized carbons (Fsp3) is 0.591. The molecule has 0 bridgehead atoms. The number of carbonyl (C=O) groups is 1. The Bertz CT molecular complexity index is 751. The van der Waals surface area contributed by atoms with E-state index in [1.165, 1.54) is 14.2 Å². The first-order chi connectivity index (χ1) is 12.7. The maximum Gasteiger partial charge on any atom is 0.337 e. The van der Waals surface area contributed by atoms with Crippen molar-refractivity contribution in [2.45, 2.75) is 65.7 Å². The Hall–Kier alpha value is -1.42. The predicted octanol–water partition coefficient (Wildman–Crippen LogP) is 5.84. The number of Topliss-reactive ketones (excluding diaryl/α,β-unsaturated/α-hetero) is 1. The lowest BCUT2D eigenvalue weighted by Crippen LogP contribution is -2.17. The summed E-state index contributed by atoms with van der Waals surface area (Å²) in [6.45, 7) is 14.1. The Morgan fingerprint density at radius 2 is 1.46 bits per heavy atom. The molecule has 1 aromatic rings. The van der Waals surface area contributed by atoms with Crippen LogP contribution < -0.4 is 0 Å². The highest BCUT2D eigenvalue weighted by Crippen LogP contribution is 2.47. The van der Waals surface area contributed by atoms with Gasteiger partial charge in [0.25, 0.3) is 0 Å². The van der Waals surface area contributed by atoms with Gasteiger partial charge in [-0.3, -0.25) is 9.36 Å². The van der Waals surface area contributed by atoms with Gasteiger partial charge in [-0.25, -0.2) is 0 Å². The molecule has 0 saturated carbocycles. The van der Waals surface area contributed by atoms with Gasteiger partial charge in [0.15, 0.2) is 5.78 Å². The zero-order valence-electron chi connectivity index (χ0n) is 18.7. The lowest BCUT2D eigenvalue weighted by Gasteiger charge is -2.28. The van der Waals surface area contributed by atoms with E-state index in [1.54, 1.807) is 0 Å². The molecule has 0 spiro atoms. The number of benzene rings is 1. The van der Waals surface area contributed by atoms with Gasteiger partial charge in [-0.1, -0.05) is 48.5 Å². The largest absolute Gasteiger partial charge is 0.507 e. The summed E-state index contributed by atoms with van der Waals surface area (Å²) in [5.74, 6) is 0.0296. The minimum atomic E-state index is -3.42. The first-order valence-corrected chi connectivity index (χ1v) is 11.2. The summed E-state index contributed by atoms with van der Waals surface area (Å²) in [5.41, 5.74) is 2.52. The predicted molar refractivity (Wildman–Crippen MR) is 115 cm³/mol. The van der Waals surface area contributed by atoms with Crippen LogP contribution in [0.4, 0.5) is 0 Å². The normalized spacial score (nSPS) is 13.7. The van der Waals surface area contributed by atoms with Crippen molar-refractivity contribution >= 4 is 19.5 Å². The number of aromatic hydroxyl groups is 1. The molecule has 158 valence electrons. The highest BCUT2D eigenvalue weighted by atomic mass is 31.2. The summed E-state index contributed by atoms with van der Waals surface area (Å²) in [6, 6.07) is 3.83. The molecule has 0 aliphatic heterocycles. The standard InChI is InChI=1S/C22H35O5P/c1-10-16(19(23)14-28(25,26-8)27-9)11-15-12-17(21(2,3)4)20(24)18(13-15)22(5,6)7/h11-13,24H,10,14H2,1-9H3/b16-11+. The third-order valence-corrected chi connectivity index (χ3v) is 6.51. The fourth-order valence-electron chi connectivity index (χ4n) is 2.95. The second kappa shape index (κ2) is 8.94. The number of hydrogen-bond acceptors (Lipinski definition) is 5. The smallest absolute Gasteiger partial charge is 0.337 e. The third kappa shape index (κ3) is 6.04. The van der Waals surface area contributed by atoms with Crippen molar-refractivity contribution in [1.29, 1.82) is 0 Å². The van der Waals surface area contributed by atoms with Gasteiger partial charge < -0.3 is 14.2 Å². The Labute approximate surface area is 169 Å². The van der Waals surface area contributed by atoms with Gasteiger partial charge in [-0.15, -0.1) is 0 Å². The van der Waals surface area contributed by atoms with Crippen LogP contribution in [-0.2, 0) is 29.2 Å². The van der Waals surface area contributed by atoms with Crippen LogP contribution in [0, 0.1) is 0 Å². The summed E-state index contributed by atoms with van der Waals surface area (Å²) < 4.78 is 22.1. The van der Waals surface area contributed by atoms with Crippen LogP contribution in [0.2, 0.25) is 0 Å². The number of phenols is 1. The van der Waals surface area contributed by atoms with E-state index in [2.05, 4.69) is 0 Å². The summed E-state index contributed by atoms with van der Waals surface area (Å²) in [6.07, 6.45) is 2.00. The van der Waals surface area contributed by atoms with Crippen LogP contribution in [-0.4, -0.2) is 31.3 Å². The number of carbonyl (C=O) groups excluding carboxylic acids is 1. The number of hydrogen-bond donors (Lipinski definition) is 1. The fourth-order valence-corrected chi connectivity index (χ4v) is 3.91. The molecule has 0 aromatic heterocycles. The Morgan fingerprint density at radius 3 is 1.79 bits per heavy atom. The van der Waals surface area contributed by atoms with Gasteiger partial charge in [0.1, 0.15) is 11.9 Å². The van der Waals surface area contributed by atoms with E-state index in [1.807, 2.05) is 66.7 Å². The zero-order chi connectivity index (χ0) is 21.9. The van der Waals surface area contributed by atoms with Gasteiger partial charge in [0, 0.05) is 25.3 Å². The molecular formula is C22H35O5P.